The molecule has 0 radical (unpaired) electrons. The molecule has 0 bridgehead atoms. The molecule has 0 aromatic heterocycles. The van der Waals surface area contributed by atoms with Crippen LogP contribution in [0.3, 0.4) is 0 Å². The van der Waals surface area contributed by atoms with Gasteiger partial charge in [0, 0.05) is 26.3 Å². The number of hydrogen-bond acceptors (Lipinski definition) is 3. The molecule has 90 valence electrons. The Labute approximate surface area is 92.2 Å². The molecule has 0 rings (SSSR count). The molecule has 0 saturated heterocycles. The molecular weight excluding hydrogens is 194 g/mol. The molecule has 0 unspecified atom stereocenters. The van der Waals surface area contributed by atoms with E-state index in [-0.39, 0.29) is 6.42 Å². The Morgan fingerprint density at radius 1 is 1.27 bits per heavy atom. The van der Waals surface area contributed by atoms with E-state index in [1.807, 2.05) is 6.92 Å². The van der Waals surface area contributed by atoms with E-state index in [1.54, 1.807) is 0 Å². The number of aliphatic carboxylic acids is 1. The highest BCUT2D eigenvalue weighted by Gasteiger charge is 2.05. The Hall–Kier alpha value is -0.610. The lowest BCUT2D eigenvalue weighted by molar-refractivity contribution is -0.137. The van der Waals surface area contributed by atoms with Gasteiger partial charge in [-0.15, -0.1) is 0 Å². The summed E-state index contributed by atoms with van der Waals surface area (Å²) >= 11 is 0. The van der Waals surface area contributed by atoms with Gasteiger partial charge in [-0.05, 0) is 26.3 Å². The molecule has 0 amide bonds. The van der Waals surface area contributed by atoms with Crippen LogP contribution in [0.15, 0.2) is 0 Å². The first-order valence-corrected chi connectivity index (χ1v) is 5.72. The van der Waals surface area contributed by atoms with Gasteiger partial charge in [0.05, 0.1) is 6.42 Å². The van der Waals surface area contributed by atoms with Crippen molar-refractivity contribution in [3.05, 3.63) is 0 Å². The molecule has 0 aromatic rings. The van der Waals surface area contributed by atoms with Gasteiger partial charge < -0.3 is 14.7 Å². The SMILES string of the molecule is CCCN(CCCOCC)CCC(=O)O. The van der Waals surface area contributed by atoms with Crippen LogP contribution in [0.25, 0.3) is 0 Å². The third-order valence-corrected chi connectivity index (χ3v) is 2.15. The van der Waals surface area contributed by atoms with Crippen molar-refractivity contribution in [1.29, 1.82) is 0 Å². The Bertz CT molecular complexity index is 162. The summed E-state index contributed by atoms with van der Waals surface area (Å²) < 4.78 is 5.24. The minimum atomic E-state index is -0.721. The minimum absolute atomic E-state index is 0.231. The zero-order valence-electron chi connectivity index (χ0n) is 9.87. The highest BCUT2D eigenvalue weighted by atomic mass is 16.5. The first kappa shape index (κ1) is 14.4. The summed E-state index contributed by atoms with van der Waals surface area (Å²) in [6, 6.07) is 0. The summed E-state index contributed by atoms with van der Waals surface area (Å²) in [6.45, 7) is 8.16. The van der Waals surface area contributed by atoms with Crippen molar-refractivity contribution < 1.29 is 14.6 Å². The fraction of sp³-hybridized carbons (Fsp3) is 0.909. The first-order chi connectivity index (χ1) is 7.20. The topological polar surface area (TPSA) is 49.8 Å². The van der Waals surface area contributed by atoms with Crippen molar-refractivity contribution in [3.63, 3.8) is 0 Å². The van der Waals surface area contributed by atoms with E-state index in [4.69, 9.17) is 9.84 Å². The van der Waals surface area contributed by atoms with Crippen LogP contribution in [0.4, 0.5) is 0 Å². The molecule has 0 aliphatic rings. The van der Waals surface area contributed by atoms with Crippen LogP contribution in [0.2, 0.25) is 0 Å². The Morgan fingerprint density at radius 2 is 2.00 bits per heavy atom. The van der Waals surface area contributed by atoms with Gasteiger partial charge in [-0.3, -0.25) is 4.79 Å². The lowest BCUT2D eigenvalue weighted by Crippen LogP contribution is -2.29. The number of carbonyl (C=O) groups is 1. The van der Waals surface area contributed by atoms with Gasteiger partial charge in [-0.2, -0.15) is 0 Å². The molecule has 0 aliphatic heterocycles. The fourth-order valence-corrected chi connectivity index (χ4v) is 1.44. The molecule has 0 aliphatic carbocycles. The van der Waals surface area contributed by atoms with Crippen molar-refractivity contribution in [2.75, 3.05) is 32.8 Å². The van der Waals surface area contributed by atoms with Gasteiger partial charge >= 0.3 is 5.97 Å². The molecule has 0 aromatic carbocycles. The second-order valence-electron chi connectivity index (χ2n) is 3.54. The lowest BCUT2D eigenvalue weighted by Gasteiger charge is -2.20. The summed E-state index contributed by atoms with van der Waals surface area (Å²) in [7, 11) is 0. The molecule has 1 N–H and O–H groups in total. The maximum absolute atomic E-state index is 10.4. The van der Waals surface area contributed by atoms with E-state index < -0.39 is 5.97 Å². The average Bonchev–Trinajstić information content (AvgIpc) is 2.20. The molecule has 0 spiro atoms. The number of hydrogen-bond donors (Lipinski definition) is 1. The molecule has 4 nitrogen and oxygen atoms in total. The Balaban J connectivity index is 3.57. The maximum atomic E-state index is 10.4. The van der Waals surface area contributed by atoms with Crippen LogP contribution < -0.4 is 0 Å². The summed E-state index contributed by atoms with van der Waals surface area (Å²) in [5.74, 6) is -0.721. The van der Waals surface area contributed by atoms with Gasteiger partial charge in [-0.1, -0.05) is 6.92 Å². The molecular formula is C11H23NO3. The van der Waals surface area contributed by atoms with E-state index in [1.165, 1.54) is 0 Å². The van der Waals surface area contributed by atoms with Crippen LogP contribution >= 0.6 is 0 Å². The Morgan fingerprint density at radius 3 is 2.53 bits per heavy atom. The summed E-state index contributed by atoms with van der Waals surface area (Å²) in [6.07, 6.45) is 2.27. The molecule has 4 heteroatoms. The van der Waals surface area contributed by atoms with Crippen molar-refractivity contribution in [2.24, 2.45) is 0 Å². The van der Waals surface area contributed by atoms with E-state index in [0.29, 0.717) is 6.54 Å². The van der Waals surface area contributed by atoms with Gasteiger partial charge in [-0.25, -0.2) is 0 Å². The number of nitrogens with zero attached hydrogens (tertiary/aromatic N) is 1. The van der Waals surface area contributed by atoms with Gasteiger partial charge in [0.15, 0.2) is 0 Å². The third kappa shape index (κ3) is 9.69. The van der Waals surface area contributed by atoms with Gasteiger partial charge in [0.25, 0.3) is 0 Å². The van der Waals surface area contributed by atoms with Crippen molar-refractivity contribution in [2.45, 2.75) is 33.1 Å². The highest BCUT2D eigenvalue weighted by Crippen LogP contribution is 1.97. The second-order valence-corrected chi connectivity index (χ2v) is 3.54. The maximum Gasteiger partial charge on any atom is 0.304 e. The van der Waals surface area contributed by atoms with Gasteiger partial charge in [0.1, 0.15) is 0 Å². The predicted octanol–water partition coefficient (Wildman–Crippen LogP) is 1.60. The molecule has 0 fully saturated rings. The smallest absolute Gasteiger partial charge is 0.304 e. The van der Waals surface area contributed by atoms with Crippen molar-refractivity contribution >= 4 is 5.97 Å². The third-order valence-electron chi connectivity index (χ3n) is 2.15. The van der Waals surface area contributed by atoms with Crippen LogP contribution in [0.5, 0.6) is 0 Å². The molecule has 0 saturated carbocycles. The molecule has 0 atom stereocenters. The van der Waals surface area contributed by atoms with E-state index in [2.05, 4.69) is 11.8 Å². The highest BCUT2D eigenvalue weighted by molar-refractivity contribution is 5.66. The van der Waals surface area contributed by atoms with Crippen molar-refractivity contribution in [1.82, 2.24) is 4.90 Å². The Kier molecular flexibility index (Phi) is 9.52. The molecule has 15 heavy (non-hydrogen) atoms. The summed E-state index contributed by atoms with van der Waals surface area (Å²) in [5.41, 5.74) is 0. The van der Waals surface area contributed by atoms with Crippen LogP contribution in [0, 0.1) is 0 Å². The zero-order chi connectivity index (χ0) is 11.5. The quantitative estimate of drug-likeness (QED) is 0.565. The normalized spacial score (nSPS) is 10.9. The van der Waals surface area contributed by atoms with E-state index >= 15 is 0 Å². The monoisotopic (exact) mass is 217 g/mol. The largest absolute Gasteiger partial charge is 0.481 e. The van der Waals surface area contributed by atoms with Crippen molar-refractivity contribution in [3.8, 4) is 0 Å². The number of carboxylic acids is 1. The van der Waals surface area contributed by atoms with Crippen LogP contribution in [-0.4, -0.2) is 48.8 Å². The van der Waals surface area contributed by atoms with Crippen LogP contribution in [-0.2, 0) is 9.53 Å². The first-order valence-electron chi connectivity index (χ1n) is 5.72. The zero-order valence-corrected chi connectivity index (χ0v) is 9.87. The number of carboxylic acid groups (broad SMARTS) is 1. The van der Waals surface area contributed by atoms with Gasteiger partial charge in [0.2, 0.25) is 0 Å². The summed E-state index contributed by atoms with van der Waals surface area (Å²) in [4.78, 5) is 12.6. The fourth-order valence-electron chi connectivity index (χ4n) is 1.44. The minimum Gasteiger partial charge on any atom is -0.481 e. The second kappa shape index (κ2) is 9.93. The number of ether oxygens (including phenoxy) is 1. The summed E-state index contributed by atoms with van der Waals surface area (Å²) in [5, 5.41) is 8.59. The van der Waals surface area contributed by atoms with E-state index in [9.17, 15) is 4.79 Å². The van der Waals surface area contributed by atoms with Crippen LogP contribution in [0.1, 0.15) is 33.1 Å². The predicted molar refractivity (Wildman–Crippen MR) is 60.1 cm³/mol. The molecule has 0 heterocycles. The standard InChI is InChI=1S/C11H23NO3/c1-3-7-12(9-6-11(13)14)8-5-10-15-4-2/h3-10H2,1-2H3,(H,13,14). The average molecular weight is 217 g/mol. The van der Waals surface area contributed by atoms with E-state index in [0.717, 1.165) is 39.1 Å². The number of rotatable bonds is 10. The lowest BCUT2D eigenvalue weighted by atomic mass is 10.3.